The van der Waals surface area contributed by atoms with E-state index < -0.39 is 6.85 Å². The molecule has 3 aliphatic rings. The lowest BCUT2D eigenvalue weighted by Crippen LogP contribution is -2.25. The van der Waals surface area contributed by atoms with Gasteiger partial charge in [-0.15, -0.1) is 0 Å². The first-order chi connectivity index (χ1) is 37.3. The zero-order valence-electron chi connectivity index (χ0n) is 45.4. The molecule has 0 atom stereocenters. The van der Waals surface area contributed by atoms with E-state index in [1.807, 2.05) is 138 Å². The molecule has 0 amide bonds. The Morgan fingerprint density at radius 2 is 1.21 bits per heavy atom. The number of hydrogen-bond donors (Lipinski definition) is 0. The highest BCUT2D eigenvalue weighted by Gasteiger charge is 2.32. The largest absolute Gasteiger partial charge is 0.457 e. The van der Waals surface area contributed by atoms with Gasteiger partial charge in [0.25, 0.3) is 0 Å². The first kappa shape index (κ1) is 34.4. The zero-order valence-corrected chi connectivity index (χ0v) is 38.4. The van der Waals surface area contributed by atoms with Gasteiger partial charge in [-0.05, 0) is 119 Å². The summed E-state index contributed by atoms with van der Waals surface area (Å²) < 4.78 is 80.6. The summed E-state index contributed by atoms with van der Waals surface area (Å²) >= 11 is 0. The van der Waals surface area contributed by atoms with Gasteiger partial charge in [0.1, 0.15) is 35.5 Å². The van der Waals surface area contributed by atoms with Crippen LogP contribution in [0.3, 0.4) is 0 Å². The number of aromatic nitrogens is 2. The lowest BCUT2D eigenvalue weighted by Gasteiger charge is -2.28. The molecule has 11 aromatic rings. The molecular weight excluding hydrogens is 857 g/mol. The van der Waals surface area contributed by atoms with Crippen molar-refractivity contribution in [3.8, 4) is 73.3 Å². The molecule has 0 N–H and O–H groups in total. The molecule has 6 heteroatoms. The normalized spacial score (nSPS) is 14.4. The number of para-hydroxylation sites is 4. The predicted molar refractivity (Wildman–Crippen MR) is 288 cm³/mol. The van der Waals surface area contributed by atoms with Crippen LogP contribution in [0.5, 0.6) is 23.0 Å². The first-order valence-electron chi connectivity index (χ1n) is 27.0. The summed E-state index contributed by atoms with van der Waals surface area (Å²) in [6.07, 6.45) is 1.64. The van der Waals surface area contributed by atoms with Crippen molar-refractivity contribution in [2.45, 2.75) is 26.6 Å². The van der Waals surface area contributed by atoms with Crippen LogP contribution in [0.2, 0.25) is 0 Å². The number of hydrogen-bond acceptors (Lipinski definition) is 5. The molecule has 2 aromatic heterocycles. The van der Waals surface area contributed by atoms with Crippen molar-refractivity contribution in [3.63, 3.8) is 0 Å². The van der Waals surface area contributed by atoms with Crippen LogP contribution in [0, 0.1) is 6.85 Å². The summed E-state index contributed by atoms with van der Waals surface area (Å²) in [5.41, 5.74) is 10.1. The number of anilines is 4. The molecule has 14 rings (SSSR count). The molecule has 6 nitrogen and oxygen atoms in total. The first-order valence-corrected chi connectivity index (χ1v) is 23.5. The van der Waals surface area contributed by atoms with Crippen LogP contribution in [-0.2, 0) is 0 Å². The average Bonchev–Trinajstić information content (AvgIpc) is 4.02. The minimum absolute atomic E-state index is 0.128. The van der Waals surface area contributed by atoms with Crippen LogP contribution in [0.1, 0.15) is 40.5 Å². The smallest absolute Gasteiger partial charge is 0.137 e. The third-order valence-corrected chi connectivity index (χ3v) is 13.5. The molecule has 0 saturated carbocycles. The standard InChI is InChI=1S/C64H48N4O2/c1-41(2)46-30-33-58-56(36-46)53-32-31-51-38-61(53)68(58)63-34-42(3)57(39-65-63)47-16-11-18-49(35-47)70-62-25-10-7-20-54(62)55-22-13-21-52(45-28-26-44(27-29-45)43-14-5-4-6-15-43)64(55)67-40-66(59-23-8-9-24-60(59)67)48-17-12-19-50(37-48)69-51/h4-39,41H,40H2,1-3H3/i3D3,26D,27D,28D,29D. The summed E-state index contributed by atoms with van der Waals surface area (Å²) in [6.45, 7) is 2.10. The van der Waals surface area contributed by atoms with E-state index in [2.05, 4.69) is 60.0 Å². The van der Waals surface area contributed by atoms with E-state index in [1.165, 1.54) is 5.56 Å². The number of rotatable bonds is 3. The number of fused-ring (bicyclic) bond motifs is 5. The molecular formula is C64H48N4O2. The fraction of sp³-hybridized carbons (Fsp3) is 0.0781. The summed E-state index contributed by atoms with van der Waals surface area (Å²) in [5.74, 6) is 2.83. The van der Waals surface area contributed by atoms with E-state index in [-0.39, 0.29) is 46.8 Å². The highest BCUT2D eigenvalue weighted by Crippen LogP contribution is 2.52. The molecule has 9 aromatic carbocycles. The Morgan fingerprint density at radius 3 is 2.06 bits per heavy atom. The van der Waals surface area contributed by atoms with Gasteiger partial charge in [-0.3, -0.25) is 4.57 Å². The summed E-state index contributed by atoms with van der Waals surface area (Å²) in [6, 6.07) is 59.3. The number of aryl methyl sites for hydroxylation is 1. The fourth-order valence-electron chi connectivity index (χ4n) is 10.0. The van der Waals surface area contributed by atoms with E-state index in [1.54, 1.807) is 24.4 Å². The molecule has 336 valence electrons. The van der Waals surface area contributed by atoms with Crippen LogP contribution in [0.4, 0.5) is 22.7 Å². The third-order valence-electron chi connectivity index (χ3n) is 13.5. The minimum Gasteiger partial charge on any atom is -0.457 e. The van der Waals surface area contributed by atoms with Crippen molar-refractivity contribution in [1.82, 2.24) is 9.55 Å². The van der Waals surface area contributed by atoms with Gasteiger partial charge in [0.2, 0.25) is 0 Å². The monoisotopic (exact) mass is 911 g/mol. The van der Waals surface area contributed by atoms with Gasteiger partial charge in [-0.1, -0.05) is 141 Å². The van der Waals surface area contributed by atoms with E-state index >= 15 is 0 Å². The molecule has 10 bridgehead atoms. The number of pyridine rings is 1. The van der Waals surface area contributed by atoms with Gasteiger partial charge >= 0.3 is 0 Å². The highest BCUT2D eigenvalue weighted by molar-refractivity contribution is 6.10. The van der Waals surface area contributed by atoms with E-state index in [4.69, 9.17) is 18.6 Å². The van der Waals surface area contributed by atoms with Crippen LogP contribution < -0.4 is 19.3 Å². The van der Waals surface area contributed by atoms with E-state index in [0.717, 1.165) is 38.9 Å². The topological polar surface area (TPSA) is 42.8 Å². The Bertz CT molecular complexity index is 4160. The van der Waals surface area contributed by atoms with Gasteiger partial charge in [0, 0.05) is 61.2 Å². The van der Waals surface area contributed by atoms with Gasteiger partial charge in [-0.25, -0.2) is 4.98 Å². The fourth-order valence-corrected chi connectivity index (χ4v) is 10.0. The Hall–Kier alpha value is -8.87. The van der Waals surface area contributed by atoms with Crippen molar-refractivity contribution in [1.29, 1.82) is 0 Å². The maximum atomic E-state index is 9.67. The van der Waals surface area contributed by atoms with Crippen LogP contribution >= 0.6 is 0 Å². The second-order valence-corrected chi connectivity index (χ2v) is 18.1. The highest BCUT2D eigenvalue weighted by atomic mass is 16.5. The Balaban J connectivity index is 1.06. The van der Waals surface area contributed by atoms with Crippen molar-refractivity contribution in [3.05, 3.63) is 230 Å². The second kappa shape index (κ2) is 16.7. The summed E-state index contributed by atoms with van der Waals surface area (Å²) in [7, 11) is 0. The van der Waals surface area contributed by atoms with Crippen molar-refractivity contribution < 1.29 is 19.1 Å². The number of ether oxygens (including phenoxy) is 2. The Morgan fingerprint density at radius 1 is 0.514 bits per heavy atom. The molecule has 0 radical (unpaired) electrons. The molecule has 0 aliphatic carbocycles. The molecule has 3 aliphatic heterocycles. The third kappa shape index (κ3) is 7.07. The van der Waals surface area contributed by atoms with Gasteiger partial charge < -0.3 is 19.3 Å². The predicted octanol–water partition coefficient (Wildman–Crippen LogP) is 17.4. The van der Waals surface area contributed by atoms with Crippen LogP contribution in [-0.4, -0.2) is 16.2 Å². The molecule has 5 heterocycles. The van der Waals surface area contributed by atoms with Crippen LogP contribution in [0.25, 0.3) is 72.1 Å². The second-order valence-electron chi connectivity index (χ2n) is 18.1. The number of benzene rings is 9. The lowest BCUT2D eigenvalue weighted by molar-refractivity contribution is 0.483. The van der Waals surface area contributed by atoms with E-state index in [0.29, 0.717) is 74.6 Å². The lowest BCUT2D eigenvalue weighted by atomic mass is 9.93. The van der Waals surface area contributed by atoms with Crippen LogP contribution in [0.15, 0.2) is 218 Å². The summed E-state index contributed by atoms with van der Waals surface area (Å²) in [5, 5.41) is 1.98. The van der Waals surface area contributed by atoms with Crippen molar-refractivity contribution in [2.24, 2.45) is 0 Å². The molecule has 0 unspecified atom stereocenters. The SMILES string of the molecule is [2H]c1c([2H])c(-c2cccc3c2N2CN(c4cccc(c4)Oc4ccc5c6cc(C(C)C)ccc6n(c5c4)-c4cc(C([2H])([2H])[2H])c(cn4)-c4cccc(c4)Oc4ccccc4-3)c3ccccc32)c([2H])c([2H])c1-c1ccccc1. The summed E-state index contributed by atoms with van der Waals surface area (Å²) in [4.78, 5) is 9.41. The average molecular weight is 912 g/mol. The molecule has 0 fully saturated rings. The molecule has 0 saturated heterocycles. The molecule has 70 heavy (non-hydrogen) atoms. The maximum Gasteiger partial charge on any atom is 0.137 e. The quantitative estimate of drug-likeness (QED) is 0.177. The van der Waals surface area contributed by atoms with Crippen molar-refractivity contribution in [2.75, 3.05) is 16.5 Å². The van der Waals surface area contributed by atoms with E-state index in [9.17, 15) is 5.48 Å². The maximum absolute atomic E-state index is 9.67. The Labute approximate surface area is 417 Å². The van der Waals surface area contributed by atoms with Gasteiger partial charge in [0.05, 0.1) is 33.6 Å². The van der Waals surface area contributed by atoms with Gasteiger partial charge in [0.15, 0.2) is 0 Å². The number of nitrogens with zero attached hydrogens (tertiary/aromatic N) is 4. The zero-order chi connectivity index (χ0) is 52.9. The van der Waals surface area contributed by atoms with Crippen molar-refractivity contribution >= 4 is 44.6 Å². The minimum atomic E-state index is -2.53. The van der Waals surface area contributed by atoms with Gasteiger partial charge in [-0.2, -0.15) is 0 Å². The molecule has 0 spiro atoms. The Kier molecular flexibility index (Phi) is 8.22.